The highest BCUT2D eigenvalue weighted by molar-refractivity contribution is 7.89. The van der Waals surface area contributed by atoms with Crippen molar-refractivity contribution in [2.45, 2.75) is 36.9 Å². The highest BCUT2D eigenvalue weighted by Crippen LogP contribution is 2.34. The minimum atomic E-state index is -4.82. The van der Waals surface area contributed by atoms with Gasteiger partial charge in [-0.15, -0.1) is 12.4 Å². The quantitative estimate of drug-likeness (QED) is 0.748. The van der Waals surface area contributed by atoms with Crippen molar-refractivity contribution in [1.82, 2.24) is 9.62 Å². The second-order valence-electron chi connectivity index (χ2n) is 6.34. The summed E-state index contributed by atoms with van der Waals surface area (Å²) in [5.41, 5.74) is 4.33. The first-order chi connectivity index (χ1) is 12.1. The third kappa shape index (κ3) is 5.81. The maximum absolute atomic E-state index is 13.1. The fraction of sp³-hybridized carbons (Fsp3) is 0.562. The number of hydrogen-bond acceptors (Lipinski definition) is 4. The van der Waals surface area contributed by atoms with Crippen LogP contribution < -0.4 is 10.5 Å². The molecule has 0 aromatic heterocycles. The van der Waals surface area contributed by atoms with Crippen LogP contribution in [0.5, 0.6) is 0 Å². The number of hydrogen-bond donors (Lipinski definition) is 2. The van der Waals surface area contributed by atoms with E-state index >= 15 is 0 Å². The zero-order valence-corrected chi connectivity index (χ0v) is 16.3. The van der Waals surface area contributed by atoms with Crippen LogP contribution in [0.15, 0.2) is 29.2 Å². The number of nitrogens with zero attached hydrogens (tertiary/aromatic N) is 1. The molecule has 0 saturated carbocycles. The van der Waals surface area contributed by atoms with E-state index in [1.807, 2.05) is 0 Å². The Morgan fingerprint density at radius 3 is 2.37 bits per heavy atom. The third-order valence-electron chi connectivity index (χ3n) is 4.44. The first-order valence-corrected chi connectivity index (χ1v) is 9.72. The van der Waals surface area contributed by atoms with Crippen molar-refractivity contribution in [3.05, 3.63) is 29.8 Å². The van der Waals surface area contributed by atoms with E-state index in [2.05, 4.69) is 4.72 Å². The van der Waals surface area contributed by atoms with Crippen LogP contribution in [-0.4, -0.2) is 44.9 Å². The van der Waals surface area contributed by atoms with Gasteiger partial charge in [-0.1, -0.05) is 12.1 Å². The molecule has 1 unspecified atom stereocenters. The number of likely N-dealkylation sites (tertiary alicyclic amines) is 1. The topological polar surface area (TPSA) is 92.5 Å². The fourth-order valence-electron chi connectivity index (χ4n) is 2.94. The fourth-order valence-corrected chi connectivity index (χ4v) is 4.37. The van der Waals surface area contributed by atoms with Crippen molar-refractivity contribution in [2.24, 2.45) is 11.7 Å². The van der Waals surface area contributed by atoms with Gasteiger partial charge in [0.1, 0.15) is 0 Å². The van der Waals surface area contributed by atoms with Crippen LogP contribution in [0.1, 0.15) is 25.3 Å². The van der Waals surface area contributed by atoms with Crippen molar-refractivity contribution in [1.29, 1.82) is 0 Å². The van der Waals surface area contributed by atoms with Crippen molar-refractivity contribution < 1.29 is 26.4 Å². The molecule has 1 aliphatic rings. The average molecular weight is 430 g/mol. The molecule has 11 heteroatoms. The molecule has 154 valence electrons. The number of carbonyl (C=O) groups is 1. The molecule has 1 amide bonds. The van der Waals surface area contributed by atoms with Gasteiger partial charge in [-0.3, -0.25) is 4.79 Å². The number of rotatable bonds is 5. The van der Waals surface area contributed by atoms with Crippen molar-refractivity contribution in [3.63, 3.8) is 0 Å². The Balaban J connectivity index is 0.00000364. The second-order valence-corrected chi connectivity index (χ2v) is 8.02. The predicted molar refractivity (Wildman–Crippen MR) is 96.8 cm³/mol. The molecule has 0 radical (unpaired) electrons. The van der Waals surface area contributed by atoms with Gasteiger partial charge in [0.15, 0.2) is 0 Å². The number of carbonyl (C=O) groups excluding carboxylic acids is 1. The van der Waals surface area contributed by atoms with E-state index in [1.165, 1.54) is 17.9 Å². The molecular weight excluding hydrogens is 407 g/mol. The Labute approximate surface area is 162 Å². The van der Waals surface area contributed by atoms with Crippen LogP contribution >= 0.6 is 12.4 Å². The van der Waals surface area contributed by atoms with Gasteiger partial charge in [0.05, 0.1) is 16.5 Å². The number of amides is 1. The summed E-state index contributed by atoms with van der Waals surface area (Å²) in [6, 6.07) is 2.70. The first-order valence-electron chi connectivity index (χ1n) is 8.23. The summed E-state index contributed by atoms with van der Waals surface area (Å²) in [4.78, 5) is 13.0. The van der Waals surface area contributed by atoms with Gasteiger partial charge in [0, 0.05) is 13.1 Å². The Hall–Kier alpha value is -1.36. The van der Waals surface area contributed by atoms with E-state index in [0.717, 1.165) is 25.0 Å². The number of nitrogens with one attached hydrogen (secondary N) is 1. The molecule has 1 fully saturated rings. The molecule has 0 spiro atoms. The molecule has 27 heavy (non-hydrogen) atoms. The summed E-state index contributed by atoms with van der Waals surface area (Å²) in [7, 11) is -4.51. The van der Waals surface area contributed by atoms with E-state index in [-0.39, 0.29) is 12.4 Å². The van der Waals surface area contributed by atoms with Gasteiger partial charge in [0.25, 0.3) is 0 Å². The summed E-state index contributed by atoms with van der Waals surface area (Å²) in [5, 5.41) is 0. The van der Waals surface area contributed by atoms with Gasteiger partial charge in [-0.25, -0.2) is 8.42 Å². The number of alkyl halides is 3. The van der Waals surface area contributed by atoms with Crippen molar-refractivity contribution >= 4 is 28.3 Å². The lowest BCUT2D eigenvalue weighted by atomic mass is 9.97. The van der Waals surface area contributed by atoms with E-state index in [1.54, 1.807) is 0 Å². The SMILES string of the molecule is CC(NS(=O)(=O)c1ccccc1C(F)(F)F)C(=O)N1CCC(CN)CC1.Cl. The summed E-state index contributed by atoms with van der Waals surface area (Å²) < 4.78 is 66.0. The Bertz CT molecular complexity index is 751. The zero-order valence-electron chi connectivity index (χ0n) is 14.7. The van der Waals surface area contributed by atoms with E-state index < -0.39 is 38.6 Å². The molecule has 0 bridgehead atoms. The molecule has 1 atom stereocenters. The minimum Gasteiger partial charge on any atom is -0.341 e. The molecule has 1 aromatic rings. The number of halogens is 4. The molecule has 3 N–H and O–H groups in total. The standard InChI is InChI=1S/C16H22F3N3O3S.ClH/c1-11(15(23)22-8-6-12(10-20)7-9-22)21-26(24,25)14-5-3-2-4-13(14)16(17,18)19;/h2-5,11-12,21H,6-10,20H2,1H3;1H. The lowest BCUT2D eigenvalue weighted by Gasteiger charge is -2.33. The van der Waals surface area contributed by atoms with Crippen LogP contribution in [0.3, 0.4) is 0 Å². The van der Waals surface area contributed by atoms with Gasteiger partial charge in [0.2, 0.25) is 15.9 Å². The lowest BCUT2D eigenvalue weighted by Crippen LogP contribution is -2.49. The van der Waals surface area contributed by atoms with Crippen LogP contribution in [0.2, 0.25) is 0 Å². The van der Waals surface area contributed by atoms with Crippen LogP contribution in [0.25, 0.3) is 0 Å². The largest absolute Gasteiger partial charge is 0.417 e. The highest BCUT2D eigenvalue weighted by Gasteiger charge is 2.38. The summed E-state index contributed by atoms with van der Waals surface area (Å²) in [5.74, 6) is -0.141. The van der Waals surface area contributed by atoms with E-state index in [9.17, 15) is 26.4 Å². The molecule has 1 saturated heterocycles. The molecule has 2 rings (SSSR count). The maximum Gasteiger partial charge on any atom is 0.417 e. The summed E-state index contributed by atoms with van der Waals surface area (Å²) in [6.07, 6.45) is -3.38. The number of benzene rings is 1. The smallest absolute Gasteiger partial charge is 0.341 e. The first kappa shape index (κ1) is 23.7. The summed E-state index contributed by atoms with van der Waals surface area (Å²) >= 11 is 0. The number of piperidine rings is 1. The van der Waals surface area contributed by atoms with Crippen molar-refractivity contribution in [2.75, 3.05) is 19.6 Å². The van der Waals surface area contributed by atoms with E-state index in [0.29, 0.717) is 31.6 Å². The average Bonchev–Trinajstić information content (AvgIpc) is 2.60. The minimum absolute atomic E-state index is 0. The summed E-state index contributed by atoms with van der Waals surface area (Å²) in [6.45, 7) is 2.75. The van der Waals surface area contributed by atoms with Gasteiger partial charge < -0.3 is 10.6 Å². The highest BCUT2D eigenvalue weighted by atomic mass is 35.5. The molecule has 0 aliphatic carbocycles. The molecular formula is C16H23ClF3N3O3S. The van der Waals surface area contributed by atoms with E-state index in [4.69, 9.17) is 5.73 Å². The third-order valence-corrected chi connectivity index (χ3v) is 6.04. The van der Waals surface area contributed by atoms with Gasteiger partial charge >= 0.3 is 6.18 Å². The maximum atomic E-state index is 13.1. The molecule has 1 aromatic carbocycles. The number of sulfonamides is 1. The number of nitrogens with two attached hydrogens (primary N) is 1. The van der Waals surface area contributed by atoms with Gasteiger partial charge in [-0.05, 0) is 44.4 Å². The Kier molecular flexibility index (Phi) is 8.09. The molecule has 1 aliphatic heterocycles. The zero-order chi connectivity index (χ0) is 19.5. The normalized spacial score (nSPS) is 17.3. The molecule has 6 nitrogen and oxygen atoms in total. The molecule has 1 heterocycles. The van der Waals surface area contributed by atoms with Crippen LogP contribution in [0, 0.1) is 5.92 Å². The van der Waals surface area contributed by atoms with Crippen molar-refractivity contribution in [3.8, 4) is 0 Å². The Morgan fingerprint density at radius 2 is 1.85 bits per heavy atom. The predicted octanol–water partition coefficient (Wildman–Crippen LogP) is 1.99. The lowest BCUT2D eigenvalue weighted by molar-refractivity contribution is -0.139. The van der Waals surface area contributed by atoms with Crippen LogP contribution in [0.4, 0.5) is 13.2 Å². The monoisotopic (exact) mass is 429 g/mol. The second kappa shape index (κ2) is 9.22. The van der Waals surface area contributed by atoms with Crippen LogP contribution in [-0.2, 0) is 21.0 Å². The Morgan fingerprint density at radius 1 is 1.30 bits per heavy atom. The van der Waals surface area contributed by atoms with Gasteiger partial charge in [-0.2, -0.15) is 17.9 Å².